The first kappa shape index (κ1) is 14.0. The largest absolute Gasteiger partial charge is 0.481 e. The van der Waals surface area contributed by atoms with Gasteiger partial charge in [0.2, 0.25) is 0 Å². The molecule has 0 saturated heterocycles. The molecule has 0 fully saturated rings. The fraction of sp³-hybridized carbons (Fsp3) is 0.667. The number of carboxylic acids is 1. The molecular weight excluding hydrogens is 211 g/mol. The average Bonchev–Trinajstić information content (AvgIpc) is 1.99. The molecule has 0 aromatic heterocycles. The van der Waals surface area contributed by atoms with Gasteiger partial charge < -0.3 is 10.4 Å². The number of rotatable bonds is 5. The van der Waals surface area contributed by atoms with Crippen LogP contribution in [0.2, 0.25) is 0 Å². The lowest BCUT2D eigenvalue weighted by molar-refractivity contribution is -0.192. The van der Waals surface area contributed by atoms with Crippen molar-refractivity contribution < 1.29 is 23.1 Å². The van der Waals surface area contributed by atoms with Crippen LogP contribution in [0, 0.1) is 5.92 Å². The summed E-state index contributed by atoms with van der Waals surface area (Å²) in [7, 11) is 0. The number of carbonyl (C=O) groups is 1. The second-order valence-electron chi connectivity index (χ2n) is 3.37. The predicted molar refractivity (Wildman–Crippen MR) is 49.5 cm³/mol. The third-order valence-corrected chi connectivity index (χ3v) is 1.70. The minimum Gasteiger partial charge on any atom is -0.481 e. The number of hydrogen-bond donors (Lipinski definition) is 2. The van der Waals surface area contributed by atoms with Crippen molar-refractivity contribution in [1.82, 2.24) is 5.32 Å². The number of alkyl halides is 3. The molecule has 0 aliphatic rings. The van der Waals surface area contributed by atoms with E-state index in [-0.39, 0.29) is 6.54 Å². The second kappa shape index (κ2) is 5.75. The van der Waals surface area contributed by atoms with E-state index in [1.165, 1.54) is 0 Å². The van der Waals surface area contributed by atoms with Crippen molar-refractivity contribution in [3.63, 3.8) is 0 Å². The Kier molecular flexibility index (Phi) is 5.35. The van der Waals surface area contributed by atoms with Crippen molar-refractivity contribution in [2.75, 3.05) is 13.1 Å². The molecule has 88 valence electrons. The highest BCUT2D eigenvalue weighted by atomic mass is 19.4. The van der Waals surface area contributed by atoms with Crippen LogP contribution in [0.15, 0.2) is 11.6 Å². The molecule has 0 saturated carbocycles. The van der Waals surface area contributed by atoms with Gasteiger partial charge in [0.25, 0.3) is 0 Å². The van der Waals surface area contributed by atoms with Gasteiger partial charge in [0, 0.05) is 13.1 Å². The van der Waals surface area contributed by atoms with Crippen LogP contribution < -0.4 is 5.32 Å². The van der Waals surface area contributed by atoms with E-state index < -0.39 is 24.6 Å². The third-order valence-electron chi connectivity index (χ3n) is 1.70. The number of hydrogen-bond acceptors (Lipinski definition) is 2. The minimum absolute atomic E-state index is 0.238. The summed E-state index contributed by atoms with van der Waals surface area (Å²) in [5.41, 5.74) is 0.960. The molecule has 0 radical (unpaired) electrons. The monoisotopic (exact) mass is 225 g/mol. The van der Waals surface area contributed by atoms with Gasteiger partial charge in [-0.3, -0.25) is 4.79 Å². The molecule has 1 atom stereocenters. The van der Waals surface area contributed by atoms with Crippen LogP contribution in [0.5, 0.6) is 0 Å². The van der Waals surface area contributed by atoms with Gasteiger partial charge in [0.1, 0.15) is 0 Å². The summed E-state index contributed by atoms with van der Waals surface area (Å²) in [5, 5.41) is 10.8. The van der Waals surface area contributed by atoms with Gasteiger partial charge >= 0.3 is 12.1 Å². The Morgan fingerprint density at radius 2 is 2.00 bits per heavy atom. The second-order valence-corrected chi connectivity index (χ2v) is 3.37. The van der Waals surface area contributed by atoms with E-state index in [9.17, 15) is 18.0 Å². The summed E-state index contributed by atoms with van der Waals surface area (Å²) in [6.07, 6.45) is -3.01. The maximum Gasteiger partial charge on any atom is 0.403 e. The molecule has 0 aliphatic carbocycles. The lowest BCUT2D eigenvalue weighted by Gasteiger charge is -2.15. The van der Waals surface area contributed by atoms with Gasteiger partial charge in [-0.2, -0.15) is 13.2 Å². The average molecular weight is 225 g/mol. The first-order valence-corrected chi connectivity index (χ1v) is 4.38. The van der Waals surface area contributed by atoms with Crippen LogP contribution in [-0.4, -0.2) is 30.3 Å². The Bertz CT molecular complexity index is 244. The van der Waals surface area contributed by atoms with E-state index in [2.05, 4.69) is 5.32 Å². The molecule has 1 unspecified atom stereocenters. The van der Waals surface area contributed by atoms with Crippen LogP contribution in [-0.2, 0) is 4.79 Å². The van der Waals surface area contributed by atoms with Crippen LogP contribution in [0.25, 0.3) is 0 Å². The van der Waals surface area contributed by atoms with E-state index in [0.29, 0.717) is 0 Å². The summed E-state index contributed by atoms with van der Waals surface area (Å²) in [4.78, 5) is 10.3. The maximum atomic E-state index is 12.1. The molecule has 3 nitrogen and oxygen atoms in total. The van der Waals surface area contributed by atoms with Crippen LogP contribution in [0.3, 0.4) is 0 Å². The smallest absolute Gasteiger partial charge is 0.403 e. The molecule has 0 rings (SSSR count). The zero-order chi connectivity index (χ0) is 12.1. The van der Waals surface area contributed by atoms with Crippen LogP contribution in [0.1, 0.15) is 13.8 Å². The Morgan fingerprint density at radius 1 is 1.47 bits per heavy atom. The number of aliphatic carboxylic acids is 1. The quantitative estimate of drug-likeness (QED) is 0.554. The Morgan fingerprint density at radius 3 is 2.33 bits per heavy atom. The molecule has 0 aliphatic heterocycles. The van der Waals surface area contributed by atoms with Crippen molar-refractivity contribution >= 4 is 5.97 Å². The molecule has 0 heterocycles. The summed E-state index contributed by atoms with van der Waals surface area (Å²) in [5.74, 6) is -4.20. The fourth-order valence-electron chi connectivity index (χ4n) is 0.847. The lowest BCUT2D eigenvalue weighted by atomic mass is 10.1. The predicted octanol–water partition coefficient (Wildman–Crippen LogP) is 1.81. The van der Waals surface area contributed by atoms with E-state index in [0.717, 1.165) is 5.57 Å². The first-order chi connectivity index (χ1) is 6.75. The van der Waals surface area contributed by atoms with Crippen molar-refractivity contribution in [3.8, 4) is 0 Å². The minimum atomic E-state index is -4.70. The summed E-state index contributed by atoms with van der Waals surface area (Å²) >= 11 is 0. The topological polar surface area (TPSA) is 49.3 Å². The van der Waals surface area contributed by atoms with E-state index in [4.69, 9.17) is 5.11 Å². The summed E-state index contributed by atoms with van der Waals surface area (Å²) in [6.45, 7) is 3.24. The highest BCUT2D eigenvalue weighted by molar-refractivity contribution is 5.71. The third kappa shape index (κ3) is 6.11. The molecule has 15 heavy (non-hydrogen) atoms. The van der Waals surface area contributed by atoms with E-state index in [1.807, 2.05) is 0 Å². The van der Waals surface area contributed by atoms with Crippen molar-refractivity contribution in [3.05, 3.63) is 11.6 Å². The molecule has 0 aromatic rings. The normalized spacial score (nSPS) is 13.4. The highest BCUT2D eigenvalue weighted by Crippen LogP contribution is 2.25. The Hall–Kier alpha value is -1.04. The molecule has 0 amide bonds. The zero-order valence-corrected chi connectivity index (χ0v) is 8.56. The number of halogens is 3. The number of allylic oxidation sites excluding steroid dienone is 1. The van der Waals surface area contributed by atoms with Gasteiger partial charge in [-0.25, -0.2) is 0 Å². The van der Waals surface area contributed by atoms with E-state index in [1.54, 1.807) is 19.9 Å². The fourth-order valence-corrected chi connectivity index (χ4v) is 0.847. The van der Waals surface area contributed by atoms with Gasteiger partial charge in [0.05, 0.1) is 0 Å². The van der Waals surface area contributed by atoms with Crippen molar-refractivity contribution in [1.29, 1.82) is 0 Å². The molecular formula is C9H14F3NO2. The standard InChI is InChI=1S/C9H14F3NO2/c1-6(2)3-4-13-5-7(8(14)15)9(10,11)12/h3,7,13H,4-5H2,1-2H3,(H,14,15). The van der Waals surface area contributed by atoms with Crippen molar-refractivity contribution in [2.45, 2.75) is 20.0 Å². The highest BCUT2D eigenvalue weighted by Gasteiger charge is 2.44. The summed E-state index contributed by atoms with van der Waals surface area (Å²) in [6, 6.07) is 0. The molecule has 0 aromatic carbocycles. The van der Waals surface area contributed by atoms with Gasteiger partial charge in [-0.15, -0.1) is 0 Å². The lowest BCUT2D eigenvalue weighted by Crippen LogP contribution is -2.39. The van der Waals surface area contributed by atoms with E-state index >= 15 is 0 Å². The van der Waals surface area contributed by atoms with Gasteiger partial charge in [-0.05, 0) is 13.8 Å². The SMILES string of the molecule is CC(C)=CCNCC(C(=O)O)C(F)(F)F. The molecule has 2 N–H and O–H groups in total. The maximum absolute atomic E-state index is 12.1. The Labute approximate surface area is 86.0 Å². The van der Waals surface area contributed by atoms with Crippen molar-refractivity contribution in [2.24, 2.45) is 5.92 Å². The van der Waals surface area contributed by atoms with Gasteiger partial charge in [-0.1, -0.05) is 11.6 Å². The molecule has 6 heteroatoms. The zero-order valence-electron chi connectivity index (χ0n) is 8.56. The molecule has 0 spiro atoms. The number of carboxylic acid groups (broad SMARTS) is 1. The first-order valence-electron chi connectivity index (χ1n) is 4.38. The Balaban J connectivity index is 4.11. The molecule has 0 bridgehead atoms. The van der Waals surface area contributed by atoms with Gasteiger partial charge in [0.15, 0.2) is 5.92 Å². The van der Waals surface area contributed by atoms with Crippen LogP contribution >= 0.6 is 0 Å². The van der Waals surface area contributed by atoms with Crippen LogP contribution in [0.4, 0.5) is 13.2 Å². The summed E-state index contributed by atoms with van der Waals surface area (Å²) < 4.78 is 36.4. The number of nitrogens with one attached hydrogen (secondary N) is 1.